The quantitative estimate of drug-likeness (QED) is 0.897. The van der Waals surface area contributed by atoms with E-state index in [0.29, 0.717) is 5.92 Å². The molecule has 2 nitrogen and oxygen atoms in total. The molecule has 2 heteroatoms. The number of hydrogen-bond donors (Lipinski definition) is 1. The lowest BCUT2D eigenvalue weighted by molar-refractivity contribution is 0.209. The summed E-state index contributed by atoms with van der Waals surface area (Å²) in [5.41, 5.74) is 2.89. The van der Waals surface area contributed by atoms with Gasteiger partial charge in [0, 0.05) is 13.1 Å². The standard InChI is InChI=1S/C17H28N2/c1-14(2)17-7-5-16(6-8-17)13-19-10-4-9-18-11-15(3)12-19/h5-8,14-15,18H,4,9-13H2,1-3H3. The molecule has 19 heavy (non-hydrogen) atoms. The third-order valence-electron chi connectivity index (χ3n) is 3.94. The normalized spacial score (nSPS) is 22.2. The monoisotopic (exact) mass is 260 g/mol. The number of nitrogens with one attached hydrogen (secondary N) is 1. The molecule has 0 bridgehead atoms. The fourth-order valence-electron chi connectivity index (χ4n) is 2.78. The molecule has 106 valence electrons. The lowest BCUT2D eigenvalue weighted by atomic mass is 10.0. The van der Waals surface area contributed by atoms with Crippen molar-refractivity contribution in [3.8, 4) is 0 Å². The molecule has 1 unspecified atom stereocenters. The summed E-state index contributed by atoms with van der Waals surface area (Å²) in [7, 11) is 0. The Hall–Kier alpha value is -0.860. The van der Waals surface area contributed by atoms with E-state index in [0.717, 1.165) is 25.6 Å². The van der Waals surface area contributed by atoms with E-state index in [2.05, 4.69) is 55.3 Å². The van der Waals surface area contributed by atoms with Crippen LogP contribution in [-0.2, 0) is 6.54 Å². The number of hydrogen-bond acceptors (Lipinski definition) is 2. The fourth-order valence-corrected chi connectivity index (χ4v) is 2.78. The van der Waals surface area contributed by atoms with Gasteiger partial charge in [0.05, 0.1) is 0 Å². The first kappa shape index (κ1) is 14.5. The molecular weight excluding hydrogens is 232 g/mol. The molecule has 2 rings (SSSR count). The maximum Gasteiger partial charge on any atom is 0.0233 e. The van der Waals surface area contributed by atoms with E-state index >= 15 is 0 Å². The smallest absolute Gasteiger partial charge is 0.0233 e. The third kappa shape index (κ3) is 4.63. The molecule has 1 aliphatic rings. The molecule has 1 aliphatic heterocycles. The summed E-state index contributed by atoms with van der Waals surface area (Å²) in [6.07, 6.45) is 1.26. The van der Waals surface area contributed by atoms with Crippen molar-refractivity contribution < 1.29 is 0 Å². The highest BCUT2D eigenvalue weighted by atomic mass is 15.1. The van der Waals surface area contributed by atoms with Gasteiger partial charge in [0.25, 0.3) is 0 Å². The van der Waals surface area contributed by atoms with E-state index in [9.17, 15) is 0 Å². The van der Waals surface area contributed by atoms with Crippen LogP contribution in [0.3, 0.4) is 0 Å². The van der Waals surface area contributed by atoms with Gasteiger partial charge in [-0.2, -0.15) is 0 Å². The molecule has 1 saturated heterocycles. The molecule has 1 N–H and O–H groups in total. The van der Waals surface area contributed by atoms with Crippen molar-refractivity contribution >= 4 is 0 Å². The van der Waals surface area contributed by atoms with Crippen LogP contribution in [0.15, 0.2) is 24.3 Å². The average molecular weight is 260 g/mol. The van der Waals surface area contributed by atoms with Crippen molar-refractivity contribution in [3.05, 3.63) is 35.4 Å². The lowest BCUT2D eigenvalue weighted by Gasteiger charge is -2.28. The second-order valence-electron chi connectivity index (χ2n) is 6.29. The second-order valence-corrected chi connectivity index (χ2v) is 6.29. The van der Waals surface area contributed by atoms with Gasteiger partial charge in [0.15, 0.2) is 0 Å². The second kappa shape index (κ2) is 7.06. The van der Waals surface area contributed by atoms with Crippen molar-refractivity contribution in [1.82, 2.24) is 10.2 Å². The van der Waals surface area contributed by atoms with Crippen LogP contribution in [0.5, 0.6) is 0 Å². The van der Waals surface area contributed by atoms with Crippen LogP contribution in [-0.4, -0.2) is 31.1 Å². The molecular formula is C17H28N2. The highest BCUT2D eigenvalue weighted by Gasteiger charge is 2.13. The summed E-state index contributed by atoms with van der Waals surface area (Å²) < 4.78 is 0. The predicted molar refractivity (Wildman–Crippen MR) is 82.5 cm³/mol. The zero-order chi connectivity index (χ0) is 13.7. The molecule has 1 fully saturated rings. The van der Waals surface area contributed by atoms with Crippen molar-refractivity contribution in [2.75, 3.05) is 26.2 Å². The Bertz CT molecular complexity index is 369. The zero-order valence-corrected chi connectivity index (χ0v) is 12.7. The molecule has 0 aliphatic carbocycles. The van der Waals surface area contributed by atoms with Crippen molar-refractivity contribution in [2.45, 2.75) is 39.7 Å². The van der Waals surface area contributed by atoms with E-state index in [-0.39, 0.29) is 0 Å². The average Bonchev–Trinajstić information content (AvgIpc) is 2.36. The minimum atomic E-state index is 0.627. The zero-order valence-electron chi connectivity index (χ0n) is 12.7. The van der Waals surface area contributed by atoms with Gasteiger partial charge in [-0.1, -0.05) is 45.0 Å². The summed E-state index contributed by atoms with van der Waals surface area (Å²) in [5, 5.41) is 3.51. The van der Waals surface area contributed by atoms with Gasteiger partial charge in [-0.05, 0) is 49.0 Å². The Balaban J connectivity index is 1.94. The highest BCUT2D eigenvalue weighted by Crippen LogP contribution is 2.16. The van der Waals surface area contributed by atoms with Crippen LogP contribution in [0.1, 0.15) is 44.2 Å². The van der Waals surface area contributed by atoms with Gasteiger partial charge < -0.3 is 5.32 Å². The van der Waals surface area contributed by atoms with Crippen LogP contribution in [0.2, 0.25) is 0 Å². The van der Waals surface area contributed by atoms with E-state index in [4.69, 9.17) is 0 Å². The van der Waals surface area contributed by atoms with Crippen molar-refractivity contribution in [2.24, 2.45) is 5.92 Å². The topological polar surface area (TPSA) is 15.3 Å². The van der Waals surface area contributed by atoms with E-state index in [1.807, 2.05) is 0 Å². The maximum absolute atomic E-state index is 3.51. The largest absolute Gasteiger partial charge is 0.316 e. The Labute approximate surface area is 118 Å². The molecule has 0 radical (unpaired) electrons. The van der Waals surface area contributed by atoms with E-state index in [1.165, 1.54) is 30.6 Å². The summed E-state index contributed by atoms with van der Waals surface area (Å²) in [6, 6.07) is 9.18. The summed E-state index contributed by atoms with van der Waals surface area (Å²) in [4.78, 5) is 2.61. The minimum absolute atomic E-state index is 0.627. The third-order valence-corrected chi connectivity index (χ3v) is 3.94. The SMILES string of the molecule is CC1CNCCCN(Cc2ccc(C(C)C)cc2)C1. The molecule has 1 aromatic rings. The number of rotatable bonds is 3. The molecule has 0 saturated carbocycles. The Morgan fingerprint density at radius 2 is 2.00 bits per heavy atom. The van der Waals surface area contributed by atoms with E-state index < -0.39 is 0 Å². The van der Waals surface area contributed by atoms with Gasteiger partial charge in [0.2, 0.25) is 0 Å². The van der Waals surface area contributed by atoms with Gasteiger partial charge in [-0.25, -0.2) is 0 Å². The molecule has 0 spiro atoms. The molecule has 1 aromatic carbocycles. The van der Waals surface area contributed by atoms with Crippen LogP contribution >= 0.6 is 0 Å². The fraction of sp³-hybridized carbons (Fsp3) is 0.647. The molecule has 1 heterocycles. The summed E-state index contributed by atoms with van der Waals surface area (Å²) >= 11 is 0. The Kier molecular flexibility index (Phi) is 5.41. The molecule has 1 atom stereocenters. The van der Waals surface area contributed by atoms with Crippen LogP contribution in [0.4, 0.5) is 0 Å². The van der Waals surface area contributed by atoms with Crippen LogP contribution in [0, 0.1) is 5.92 Å². The number of nitrogens with zero attached hydrogens (tertiary/aromatic N) is 1. The summed E-state index contributed by atoms with van der Waals surface area (Å²) in [5.74, 6) is 1.37. The molecule has 0 aromatic heterocycles. The highest BCUT2D eigenvalue weighted by molar-refractivity contribution is 5.24. The minimum Gasteiger partial charge on any atom is -0.316 e. The van der Waals surface area contributed by atoms with E-state index in [1.54, 1.807) is 0 Å². The lowest BCUT2D eigenvalue weighted by Crippen LogP contribution is -2.38. The Morgan fingerprint density at radius 3 is 2.68 bits per heavy atom. The molecule has 0 amide bonds. The Morgan fingerprint density at radius 1 is 1.26 bits per heavy atom. The first-order valence-corrected chi connectivity index (χ1v) is 7.67. The predicted octanol–water partition coefficient (Wildman–Crippen LogP) is 3.24. The van der Waals surface area contributed by atoms with Crippen LogP contribution < -0.4 is 5.32 Å². The van der Waals surface area contributed by atoms with Gasteiger partial charge in [-0.3, -0.25) is 4.90 Å². The van der Waals surface area contributed by atoms with Gasteiger partial charge in [0.1, 0.15) is 0 Å². The van der Waals surface area contributed by atoms with Gasteiger partial charge in [-0.15, -0.1) is 0 Å². The first-order chi connectivity index (χ1) is 9.15. The number of benzene rings is 1. The van der Waals surface area contributed by atoms with Crippen LogP contribution in [0.25, 0.3) is 0 Å². The van der Waals surface area contributed by atoms with Gasteiger partial charge >= 0.3 is 0 Å². The summed E-state index contributed by atoms with van der Waals surface area (Å²) in [6.45, 7) is 12.7. The maximum atomic E-state index is 3.51. The van der Waals surface area contributed by atoms with Crippen molar-refractivity contribution in [3.63, 3.8) is 0 Å². The first-order valence-electron chi connectivity index (χ1n) is 7.67. The van der Waals surface area contributed by atoms with Crippen molar-refractivity contribution in [1.29, 1.82) is 0 Å².